The molecule has 0 aliphatic heterocycles. The number of anilines is 1. The molecule has 0 aliphatic carbocycles. The third-order valence-electron chi connectivity index (χ3n) is 3.60. The average Bonchev–Trinajstić information content (AvgIpc) is 2.88. The van der Waals surface area contributed by atoms with Gasteiger partial charge in [0, 0.05) is 6.20 Å². The maximum Gasteiger partial charge on any atom is 0.231 e. The van der Waals surface area contributed by atoms with E-state index < -0.39 is 0 Å². The Labute approximate surface area is 123 Å². The summed E-state index contributed by atoms with van der Waals surface area (Å²) in [7, 11) is 0. The molecule has 0 unspecified atom stereocenters. The molecule has 0 aliphatic rings. The monoisotopic (exact) mass is 279 g/mol. The SMILES string of the molecule is Cc1ccccc1CCc1noc(N)c1-c1ccccn1. The van der Waals surface area contributed by atoms with E-state index in [1.165, 1.54) is 11.1 Å². The zero-order valence-corrected chi connectivity index (χ0v) is 11.9. The van der Waals surface area contributed by atoms with E-state index in [0.717, 1.165) is 29.8 Å². The molecule has 2 heterocycles. The highest BCUT2D eigenvalue weighted by molar-refractivity contribution is 5.72. The molecule has 0 radical (unpaired) electrons. The Morgan fingerprint density at radius 2 is 1.86 bits per heavy atom. The summed E-state index contributed by atoms with van der Waals surface area (Å²) in [6, 6.07) is 14.1. The molecular formula is C17H17N3O. The minimum Gasteiger partial charge on any atom is -0.367 e. The number of nitrogens with two attached hydrogens (primary N) is 1. The highest BCUT2D eigenvalue weighted by atomic mass is 16.5. The molecule has 3 aromatic rings. The van der Waals surface area contributed by atoms with Crippen LogP contribution in [0.3, 0.4) is 0 Å². The predicted molar refractivity (Wildman–Crippen MR) is 82.7 cm³/mol. The Morgan fingerprint density at radius 3 is 2.62 bits per heavy atom. The zero-order chi connectivity index (χ0) is 14.7. The molecule has 106 valence electrons. The van der Waals surface area contributed by atoms with Crippen LogP contribution in [0.25, 0.3) is 11.3 Å². The largest absolute Gasteiger partial charge is 0.367 e. The second kappa shape index (κ2) is 5.79. The number of nitrogen functional groups attached to an aromatic ring is 1. The van der Waals surface area contributed by atoms with Crippen LogP contribution < -0.4 is 5.73 Å². The molecule has 0 saturated carbocycles. The van der Waals surface area contributed by atoms with Crippen LogP contribution >= 0.6 is 0 Å². The van der Waals surface area contributed by atoms with Gasteiger partial charge >= 0.3 is 0 Å². The van der Waals surface area contributed by atoms with E-state index in [0.29, 0.717) is 5.88 Å². The second-order valence-corrected chi connectivity index (χ2v) is 5.01. The first-order valence-corrected chi connectivity index (χ1v) is 6.95. The standard InChI is InChI=1S/C17H17N3O/c1-12-6-2-3-7-13(12)9-10-15-16(17(18)21-20-15)14-8-4-5-11-19-14/h2-8,11H,9-10,18H2,1H3. The molecule has 0 saturated heterocycles. The molecular weight excluding hydrogens is 262 g/mol. The first kappa shape index (κ1) is 13.4. The zero-order valence-electron chi connectivity index (χ0n) is 11.9. The molecule has 4 heteroatoms. The van der Waals surface area contributed by atoms with Gasteiger partial charge in [-0.3, -0.25) is 4.98 Å². The van der Waals surface area contributed by atoms with Crippen LogP contribution in [-0.4, -0.2) is 10.1 Å². The van der Waals surface area contributed by atoms with Gasteiger partial charge in [0.25, 0.3) is 0 Å². The number of rotatable bonds is 4. The molecule has 2 aromatic heterocycles. The lowest BCUT2D eigenvalue weighted by Gasteiger charge is -2.05. The van der Waals surface area contributed by atoms with E-state index in [9.17, 15) is 0 Å². The van der Waals surface area contributed by atoms with Crippen LogP contribution in [-0.2, 0) is 12.8 Å². The van der Waals surface area contributed by atoms with Gasteiger partial charge < -0.3 is 10.3 Å². The first-order chi connectivity index (χ1) is 10.3. The Kier molecular flexibility index (Phi) is 3.69. The van der Waals surface area contributed by atoms with Crippen molar-refractivity contribution >= 4 is 5.88 Å². The smallest absolute Gasteiger partial charge is 0.231 e. The quantitative estimate of drug-likeness (QED) is 0.794. The highest BCUT2D eigenvalue weighted by Crippen LogP contribution is 2.28. The van der Waals surface area contributed by atoms with E-state index in [1.54, 1.807) is 6.20 Å². The van der Waals surface area contributed by atoms with Crippen LogP contribution in [0, 0.1) is 6.92 Å². The van der Waals surface area contributed by atoms with Gasteiger partial charge in [-0.15, -0.1) is 0 Å². The molecule has 0 fully saturated rings. The number of aryl methyl sites for hydroxylation is 3. The summed E-state index contributed by atoms with van der Waals surface area (Å²) < 4.78 is 5.16. The maximum absolute atomic E-state index is 5.90. The molecule has 0 amide bonds. The number of nitrogens with zero attached hydrogens (tertiary/aromatic N) is 2. The van der Waals surface area contributed by atoms with E-state index >= 15 is 0 Å². The van der Waals surface area contributed by atoms with Crippen LogP contribution in [0.2, 0.25) is 0 Å². The van der Waals surface area contributed by atoms with Gasteiger partial charge in [-0.25, -0.2) is 0 Å². The van der Waals surface area contributed by atoms with Crippen molar-refractivity contribution in [1.82, 2.24) is 10.1 Å². The molecule has 21 heavy (non-hydrogen) atoms. The lowest BCUT2D eigenvalue weighted by atomic mass is 10.0. The lowest BCUT2D eigenvalue weighted by molar-refractivity contribution is 0.427. The number of pyridine rings is 1. The Bertz CT molecular complexity index is 735. The summed E-state index contributed by atoms with van der Waals surface area (Å²) in [4.78, 5) is 4.34. The normalized spacial score (nSPS) is 10.7. The Balaban J connectivity index is 1.86. The Hall–Kier alpha value is -2.62. The fourth-order valence-corrected chi connectivity index (χ4v) is 2.44. The molecule has 2 N–H and O–H groups in total. The third kappa shape index (κ3) is 2.79. The summed E-state index contributed by atoms with van der Waals surface area (Å²) >= 11 is 0. The maximum atomic E-state index is 5.90. The van der Waals surface area contributed by atoms with Crippen molar-refractivity contribution < 1.29 is 4.52 Å². The van der Waals surface area contributed by atoms with Gasteiger partial charge in [-0.05, 0) is 43.0 Å². The molecule has 3 rings (SSSR count). The van der Waals surface area contributed by atoms with Gasteiger partial charge in [-0.1, -0.05) is 35.5 Å². The van der Waals surface area contributed by atoms with Gasteiger partial charge in [0.1, 0.15) is 0 Å². The van der Waals surface area contributed by atoms with Crippen molar-refractivity contribution in [3.05, 3.63) is 65.5 Å². The fraction of sp³-hybridized carbons (Fsp3) is 0.176. The van der Waals surface area contributed by atoms with E-state index in [4.69, 9.17) is 10.3 Å². The summed E-state index contributed by atoms with van der Waals surface area (Å²) in [5.74, 6) is 0.327. The van der Waals surface area contributed by atoms with Gasteiger partial charge in [0.15, 0.2) is 0 Å². The van der Waals surface area contributed by atoms with E-state index in [2.05, 4.69) is 35.3 Å². The minimum absolute atomic E-state index is 0.327. The van der Waals surface area contributed by atoms with Crippen molar-refractivity contribution in [2.75, 3.05) is 5.73 Å². The van der Waals surface area contributed by atoms with Gasteiger partial charge in [0.2, 0.25) is 5.88 Å². The van der Waals surface area contributed by atoms with Crippen LogP contribution in [0.1, 0.15) is 16.8 Å². The molecule has 0 spiro atoms. The molecule has 1 aromatic carbocycles. The average molecular weight is 279 g/mol. The van der Waals surface area contributed by atoms with Crippen molar-refractivity contribution in [2.45, 2.75) is 19.8 Å². The Morgan fingerprint density at radius 1 is 1.05 bits per heavy atom. The topological polar surface area (TPSA) is 64.9 Å². The van der Waals surface area contributed by atoms with E-state index in [-0.39, 0.29) is 0 Å². The van der Waals surface area contributed by atoms with Crippen molar-refractivity contribution in [3.8, 4) is 11.3 Å². The van der Waals surface area contributed by atoms with Gasteiger partial charge in [-0.2, -0.15) is 0 Å². The van der Waals surface area contributed by atoms with Crippen molar-refractivity contribution in [1.29, 1.82) is 0 Å². The lowest BCUT2D eigenvalue weighted by Crippen LogP contribution is -1.97. The van der Waals surface area contributed by atoms with Crippen LogP contribution in [0.5, 0.6) is 0 Å². The number of hydrogen-bond acceptors (Lipinski definition) is 4. The van der Waals surface area contributed by atoms with Crippen molar-refractivity contribution in [3.63, 3.8) is 0 Å². The minimum atomic E-state index is 0.327. The predicted octanol–water partition coefficient (Wildman–Crippen LogP) is 3.41. The fourth-order valence-electron chi connectivity index (χ4n) is 2.44. The summed E-state index contributed by atoms with van der Waals surface area (Å²) in [6.07, 6.45) is 3.42. The van der Waals surface area contributed by atoms with Gasteiger partial charge in [0.05, 0.1) is 17.0 Å². The first-order valence-electron chi connectivity index (χ1n) is 6.95. The summed E-state index contributed by atoms with van der Waals surface area (Å²) in [5.41, 5.74) is 11.0. The second-order valence-electron chi connectivity index (χ2n) is 5.01. The van der Waals surface area contributed by atoms with Crippen molar-refractivity contribution in [2.24, 2.45) is 0 Å². The van der Waals surface area contributed by atoms with E-state index in [1.807, 2.05) is 24.3 Å². The third-order valence-corrected chi connectivity index (χ3v) is 3.60. The number of hydrogen-bond donors (Lipinski definition) is 1. The van der Waals surface area contributed by atoms with Crippen LogP contribution in [0.15, 0.2) is 53.2 Å². The summed E-state index contributed by atoms with van der Waals surface area (Å²) in [6.45, 7) is 2.12. The summed E-state index contributed by atoms with van der Waals surface area (Å²) in [5, 5.41) is 4.10. The molecule has 0 atom stereocenters. The number of aromatic nitrogens is 2. The molecule has 4 nitrogen and oxygen atoms in total. The number of benzene rings is 1. The molecule has 0 bridgehead atoms. The highest BCUT2D eigenvalue weighted by Gasteiger charge is 2.16. The van der Waals surface area contributed by atoms with Crippen LogP contribution in [0.4, 0.5) is 5.88 Å².